The van der Waals surface area contributed by atoms with Crippen LogP contribution in [0.2, 0.25) is 0 Å². The van der Waals surface area contributed by atoms with E-state index < -0.39 is 0 Å². The summed E-state index contributed by atoms with van der Waals surface area (Å²) in [5, 5.41) is 15.2. The summed E-state index contributed by atoms with van der Waals surface area (Å²) in [6, 6.07) is 80.6. The summed E-state index contributed by atoms with van der Waals surface area (Å²) in [5.74, 6) is 0. The molecule has 0 spiro atoms. The number of fused-ring (bicyclic) bond motifs is 13. The van der Waals surface area contributed by atoms with Crippen molar-refractivity contribution in [1.82, 2.24) is 9.13 Å². The molecule has 2 aromatic heterocycles. The molecular formula is C58H36N2. The van der Waals surface area contributed by atoms with Crippen LogP contribution in [-0.2, 0) is 0 Å². The molecule has 0 unspecified atom stereocenters. The Labute approximate surface area is 346 Å². The number of hydrogen-bond donors (Lipinski definition) is 0. The van der Waals surface area contributed by atoms with Crippen LogP contribution in [0.3, 0.4) is 0 Å². The second-order valence-electron chi connectivity index (χ2n) is 16.1. The summed E-state index contributed by atoms with van der Waals surface area (Å²) in [4.78, 5) is 0. The fraction of sp³-hybridized carbons (Fsp3) is 0. The van der Waals surface area contributed by atoms with Crippen LogP contribution in [0, 0.1) is 0 Å². The molecule has 0 atom stereocenters. The first-order chi connectivity index (χ1) is 29.8. The van der Waals surface area contributed by atoms with E-state index >= 15 is 0 Å². The molecule has 2 heteroatoms. The summed E-state index contributed by atoms with van der Waals surface area (Å²) in [6.07, 6.45) is 0. The first-order valence-corrected chi connectivity index (χ1v) is 20.8. The minimum absolute atomic E-state index is 1.16. The van der Waals surface area contributed by atoms with Gasteiger partial charge in [-0.05, 0) is 109 Å². The van der Waals surface area contributed by atoms with Crippen LogP contribution in [0.5, 0.6) is 0 Å². The Morgan fingerprint density at radius 3 is 1.43 bits per heavy atom. The Morgan fingerprint density at radius 2 is 0.733 bits per heavy atom. The molecule has 0 saturated carbocycles. The average molecular weight is 761 g/mol. The molecule has 0 N–H and O–H groups in total. The maximum atomic E-state index is 2.50. The van der Waals surface area contributed by atoms with Crippen molar-refractivity contribution in [3.05, 3.63) is 218 Å². The molecule has 0 saturated heterocycles. The summed E-state index contributed by atoms with van der Waals surface area (Å²) < 4.78 is 4.91. The molecule has 278 valence electrons. The van der Waals surface area contributed by atoms with Crippen molar-refractivity contribution in [3.63, 3.8) is 0 Å². The largest absolute Gasteiger partial charge is 0.309 e. The van der Waals surface area contributed by atoms with Gasteiger partial charge >= 0.3 is 0 Å². The molecule has 2 heterocycles. The molecule has 13 aromatic rings. The smallest absolute Gasteiger partial charge is 0.0547 e. The number of rotatable bonds is 4. The summed E-state index contributed by atoms with van der Waals surface area (Å²) in [6.45, 7) is 0. The monoisotopic (exact) mass is 760 g/mol. The third kappa shape index (κ3) is 4.82. The quantitative estimate of drug-likeness (QED) is 0.158. The van der Waals surface area contributed by atoms with Gasteiger partial charge in [-0.1, -0.05) is 164 Å². The first kappa shape index (κ1) is 33.1. The number of benzene rings is 11. The summed E-state index contributed by atoms with van der Waals surface area (Å²) in [7, 11) is 0. The van der Waals surface area contributed by atoms with Crippen molar-refractivity contribution < 1.29 is 0 Å². The molecule has 0 aliphatic carbocycles. The van der Waals surface area contributed by atoms with Gasteiger partial charge in [-0.3, -0.25) is 0 Å². The Bertz CT molecular complexity index is 3880. The Balaban J connectivity index is 1.02. The van der Waals surface area contributed by atoms with Gasteiger partial charge in [-0.2, -0.15) is 0 Å². The predicted molar refractivity (Wildman–Crippen MR) is 256 cm³/mol. The zero-order valence-corrected chi connectivity index (χ0v) is 32.7. The molecule has 11 aromatic carbocycles. The molecule has 0 bridgehead atoms. The molecule has 0 radical (unpaired) electrons. The Morgan fingerprint density at radius 1 is 0.233 bits per heavy atom. The van der Waals surface area contributed by atoms with E-state index in [-0.39, 0.29) is 0 Å². The van der Waals surface area contributed by atoms with Crippen molar-refractivity contribution in [3.8, 4) is 33.6 Å². The van der Waals surface area contributed by atoms with Gasteiger partial charge < -0.3 is 9.13 Å². The summed E-state index contributed by atoms with van der Waals surface area (Å²) in [5.41, 5.74) is 12.0. The fourth-order valence-corrected chi connectivity index (χ4v) is 10.1. The lowest BCUT2D eigenvalue weighted by molar-refractivity contribution is 1.18. The zero-order valence-electron chi connectivity index (χ0n) is 32.7. The van der Waals surface area contributed by atoms with Crippen LogP contribution < -0.4 is 0 Å². The average Bonchev–Trinajstić information content (AvgIpc) is 3.83. The second-order valence-corrected chi connectivity index (χ2v) is 16.1. The van der Waals surface area contributed by atoms with Crippen LogP contribution >= 0.6 is 0 Å². The highest BCUT2D eigenvalue weighted by Crippen LogP contribution is 2.43. The van der Waals surface area contributed by atoms with Crippen molar-refractivity contribution in [1.29, 1.82) is 0 Å². The van der Waals surface area contributed by atoms with E-state index in [0.717, 1.165) is 5.69 Å². The minimum Gasteiger partial charge on any atom is -0.309 e. The zero-order chi connectivity index (χ0) is 39.3. The normalized spacial score (nSPS) is 12.0. The SMILES string of the molecule is c1ccc(-c2cccc(-n3c4ccccc4c4cc(-c5ccc6c(c5)c5ccccc5n6-c5cc6ccc7ccccc7c6c6c5ccc5ccccc56)ccc43)c2)cc1. The summed E-state index contributed by atoms with van der Waals surface area (Å²) >= 11 is 0. The van der Waals surface area contributed by atoms with Gasteiger partial charge in [0.15, 0.2) is 0 Å². The lowest BCUT2D eigenvalue weighted by atomic mass is 9.92. The highest BCUT2D eigenvalue weighted by molar-refractivity contribution is 6.29. The van der Waals surface area contributed by atoms with Crippen molar-refractivity contribution in [2.45, 2.75) is 0 Å². The number of aromatic nitrogens is 2. The number of para-hydroxylation sites is 2. The molecule has 0 aliphatic heterocycles. The standard InChI is InChI=1S/C58H36N2/c1-2-13-37(14-3-1)40-17-12-18-44(33-40)59-52-23-10-8-21-47(52)50-34-41(28-31-54(50)59)42-29-32-55-51(35-42)48-22-9-11-24-53(48)60(55)56-36-43-26-25-38-15-4-6-19-45(38)57(43)58-46-20-7-5-16-39(46)27-30-49(56)58/h1-36H. The van der Waals surface area contributed by atoms with Gasteiger partial charge in [0.25, 0.3) is 0 Å². The van der Waals surface area contributed by atoms with E-state index in [0.29, 0.717) is 0 Å². The van der Waals surface area contributed by atoms with Gasteiger partial charge in [-0.15, -0.1) is 0 Å². The maximum Gasteiger partial charge on any atom is 0.0547 e. The van der Waals surface area contributed by atoms with Gasteiger partial charge in [0, 0.05) is 38.0 Å². The second kappa shape index (κ2) is 12.8. The Kier molecular flexibility index (Phi) is 7.05. The van der Waals surface area contributed by atoms with Crippen LogP contribution in [0.15, 0.2) is 218 Å². The van der Waals surface area contributed by atoms with Crippen LogP contribution in [0.1, 0.15) is 0 Å². The van der Waals surface area contributed by atoms with Gasteiger partial charge in [0.2, 0.25) is 0 Å². The van der Waals surface area contributed by atoms with Crippen LogP contribution in [0.4, 0.5) is 0 Å². The van der Waals surface area contributed by atoms with Gasteiger partial charge in [0.1, 0.15) is 0 Å². The van der Waals surface area contributed by atoms with Crippen LogP contribution in [0.25, 0.3) is 120 Å². The van der Waals surface area contributed by atoms with E-state index in [1.54, 1.807) is 0 Å². The van der Waals surface area contributed by atoms with Crippen molar-refractivity contribution >= 4 is 86.7 Å². The Hall–Kier alpha value is -7.94. The molecule has 0 amide bonds. The lowest BCUT2D eigenvalue weighted by Crippen LogP contribution is -1.97. The van der Waals surface area contributed by atoms with E-state index in [9.17, 15) is 0 Å². The third-order valence-electron chi connectivity index (χ3n) is 12.8. The van der Waals surface area contributed by atoms with Crippen molar-refractivity contribution in [2.75, 3.05) is 0 Å². The molecule has 2 nitrogen and oxygen atoms in total. The number of hydrogen-bond acceptors (Lipinski definition) is 0. The van der Waals surface area contributed by atoms with E-state index in [1.807, 2.05) is 0 Å². The van der Waals surface area contributed by atoms with Gasteiger partial charge in [-0.25, -0.2) is 0 Å². The predicted octanol–water partition coefficient (Wildman–Crippen LogP) is 15.8. The molecule has 0 aliphatic rings. The van der Waals surface area contributed by atoms with E-state index in [4.69, 9.17) is 0 Å². The topological polar surface area (TPSA) is 9.86 Å². The maximum absolute atomic E-state index is 2.50. The van der Waals surface area contributed by atoms with E-state index in [1.165, 1.54) is 115 Å². The van der Waals surface area contributed by atoms with Gasteiger partial charge in [0.05, 0.1) is 27.8 Å². The van der Waals surface area contributed by atoms with Crippen LogP contribution in [-0.4, -0.2) is 9.13 Å². The minimum atomic E-state index is 1.16. The number of nitrogens with zero attached hydrogens (tertiary/aromatic N) is 2. The highest BCUT2D eigenvalue weighted by atomic mass is 15.0. The molecule has 0 fully saturated rings. The van der Waals surface area contributed by atoms with Crippen molar-refractivity contribution in [2.24, 2.45) is 0 Å². The fourth-order valence-electron chi connectivity index (χ4n) is 10.1. The lowest BCUT2D eigenvalue weighted by Gasteiger charge is -2.17. The van der Waals surface area contributed by atoms with E-state index in [2.05, 4.69) is 228 Å². The molecular weight excluding hydrogens is 725 g/mol. The molecule has 60 heavy (non-hydrogen) atoms. The molecule has 13 rings (SSSR count). The first-order valence-electron chi connectivity index (χ1n) is 20.8. The third-order valence-corrected chi connectivity index (χ3v) is 12.8. The highest BCUT2D eigenvalue weighted by Gasteiger charge is 2.20.